The van der Waals surface area contributed by atoms with E-state index in [0.29, 0.717) is 12.0 Å². The highest BCUT2D eigenvalue weighted by atomic mass is 19.1. The van der Waals surface area contributed by atoms with Gasteiger partial charge in [-0.3, -0.25) is 0 Å². The first kappa shape index (κ1) is 12.0. The number of rotatable bonds is 3. The fourth-order valence-electron chi connectivity index (χ4n) is 2.42. The zero-order valence-electron chi connectivity index (χ0n) is 10.1. The normalized spacial score (nSPS) is 31.1. The SMILES string of the molecule is CCC1(c2ccccc2F)OC1(C)C(=O)OC. The molecule has 0 aliphatic carbocycles. The predicted octanol–water partition coefficient (Wildman–Crippen LogP) is 2.39. The molecule has 92 valence electrons. The largest absolute Gasteiger partial charge is 0.467 e. The van der Waals surface area contributed by atoms with Crippen molar-refractivity contribution in [3.63, 3.8) is 0 Å². The summed E-state index contributed by atoms with van der Waals surface area (Å²) in [6.07, 6.45) is 0.513. The summed E-state index contributed by atoms with van der Waals surface area (Å²) in [6, 6.07) is 6.36. The van der Waals surface area contributed by atoms with Crippen LogP contribution in [0.5, 0.6) is 0 Å². The molecule has 0 saturated carbocycles. The first-order chi connectivity index (χ1) is 8.02. The topological polar surface area (TPSA) is 38.8 Å². The Balaban J connectivity index is 2.44. The van der Waals surface area contributed by atoms with E-state index >= 15 is 0 Å². The summed E-state index contributed by atoms with van der Waals surface area (Å²) < 4.78 is 24.0. The minimum Gasteiger partial charge on any atom is -0.467 e. The Labute approximate surface area is 99.5 Å². The molecule has 0 N–H and O–H groups in total. The highest BCUT2D eigenvalue weighted by Crippen LogP contribution is 2.58. The number of esters is 1. The number of ether oxygens (including phenoxy) is 2. The van der Waals surface area contributed by atoms with Crippen molar-refractivity contribution >= 4 is 5.97 Å². The van der Waals surface area contributed by atoms with Gasteiger partial charge in [-0.1, -0.05) is 25.1 Å². The average Bonchev–Trinajstić information content (AvgIpc) is 2.97. The fourth-order valence-corrected chi connectivity index (χ4v) is 2.42. The molecule has 1 aromatic carbocycles. The van der Waals surface area contributed by atoms with Crippen LogP contribution in [0.15, 0.2) is 24.3 Å². The average molecular weight is 238 g/mol. The highest BCUT2D eigenvalue weighted by molar-refractivity contribution is 5.84. The summed E-state index contributed by atoms with van der Waals surface area (Å²) in [6.45, 7) is 3.50. The summed E-state index contributed by atoms with van der Waals surface area (Å²) >= 11 is 0. The van der Waals surface area contributed by atoms with Crippen molar-refractivity contribution in [1.29, 1.82) is 0 Å². The van der Waals surface area contributed by atoms with Gasteiger partial charge in [0.2, 0.25) is 0 Å². The monoisotopic (exact) mass is 238 g/mol. The van der Waals surface area contributed by atoms with E-state index in [-0.39, 0.29) is 5.82 Å². The van der Waals surface area contributed by atoms with Gasteiger partial charge in [-0.25, -0.2) is 9.18 Å². The molecule has 1 aliphatic rings. The van der Waals surface area contributed by atoms with Gasteiger partial charge in [-0.05, 0) is 19.4 Å². The second-order valence-electron chi connectivity index (χ2n) is 4.29. The summed E-state index contributed by atoms with van der Waals surface area (Å²) in [5.41, 5.74) is -1.57. The lowest BCUT2D eigenvalue weighted by molar-refractivity contribution is -0.146. The van der Waals surface area contributed by atoms with Crippen molar-refractivity contribution in [2.24, 2.45) is 0 Å². The Hall–Kier alpha value is -1.42. The number of halogens is 1. The zero-order chi connectivity index (χ0) is 12.7. The Kier molecular flexibility index (Phi) is 2.70. The molecule has 1 fully saturated rings. The summed E-state index contributed by atoms with van der Waals surface area (Å²) in [5, 5.41) is 0. The van der Waals surface area contributed by atoms with E-state index in [4.69, 9.17) is 9.47 Å². The van der Waals surface area contributed by atoms with E-state index in [2.05, 4.69) is 0 Å². The molecule has 0 radical (unpaired) electrons. The molecule has 2 unspecified atom stereocenters. The van der Waals surface area contributed by atoms with Gasteiger partial charge in [0.1, 0.15) is 11.4 Å². The van der Waals surface area contributed by atoms with Crippen LogP contribution in [0, 0.1) is 5.82 Å². The number of carbonyl (C=O) groups excluding carboxylic acids is 1. The smallest absolute Gasteiger partial charge is 0.341 e. The van der Waals surface area contributed by atoms with Crippen molar-refractivity contribution in [1.82, 2.24) is 0 Å². The van der Waals surface area contributed by atoms with E-state index in [1.165, 1.54) is 13.2 Å². The van der Waals surface area contributed by atoms with Gasteiger partial charge < -0.3 is 9.47 Å². The van der Waals surface area contributed by atoms with Gasteiger partial charge in [0.25, 0.3) is 0 Å². The zero-order valence-corrected chi connectivity index (χ0v) is 10.1. The van der Waals surface area contributed by atoms with Crippen molar-refractivity contribution < 1.29 is 18.7 Å². The van der Waals surface area contributed by atoms with Crippen LogP contribution in [0.25, 0.3) is 0 Å². The van der Waals surface area contributed by atoms with Crippen LogP contribution in [-0.2, 0) is 19.9 Å². The number of carbonyl (C=O) groups is 1. The Morgan fingerprint density at radius 2 is 2.12 bits per heavy atom. The van der Waals surface area contributed by atoms with E-state index in [0.717, 1.165) is 0 Å². The number of benzene rings is 1. The Bertz CT molecular complexity index is 460. The summed E-state index contributed by atoms with van der Waals surface area (Å²) in [4.78, 5) is 11.7. The molecule has 0 amide bonds. The molecule has 0 bridgehead atoms. The molecule has 1 heterocycles. The number of hydrogen-bond acceptors (Lipinski definition) is 3. The first-order valence-electron chi connectivity index (χ1n) is 5.55. The maximum absolute atomic E-state index is 13.8. The molecule has 3 nitrogen and oxygen atoms in total. The number of methoxy groups -OCH3 is 1. The van der Waals surface area contributed by atoms with Gasteiger partial charge in [-0.15, -0.1) is 0 Å². The van der Waals surface area contributed by atoms with Gasteiger partial charge in [0.15, 0.2) is 5.60 Å². The number of epoxide rings is 1. The van der Waals surface area contributed by atoms with Crippen LogP contribution in [0.1, 0.15) is 25.8 Å². The predicted molar refractivity (Wildman–Crippen MR) is 59.9 cm³/mol. The maximum Gasteiger partial charge on any atom is 0.341 e. The van der Waals surface area contributed by atoms with Crippen molar-refractivity contribution in [2.45, 2.75) is 31.5 Å². The third-order valence-electron chi connectivity index (χ3n) is 3.49. The van der Waals surface area contributed by atoms with Crippen LogP contribution in [0.4, 0.5) is 4.39 Å². The van der Waals surface area contributed by atoms with Crippen LogP contribution in [0.3, 0.4) is 0 Å². The lowest BCUT2D eigenvalue weighted by Crippen LogP contribution is -2.31. The lowest BCUT2D eigenvalue weighted by Gasteiger charge is -2.15. The molecule has 2 rings (SSSR count). The molecule has 0 aromatic heterocycles. The maximum atomic E-state index is 13.8. The van der Waals surface area contributed by atoms with Gasteiger partial charge >= 0.3 is 5.97 Å². The van der Waals surface area contributed by atoms with Gasteiger partial charge in [0.05, 0.1) is 7.11 Å². The standard InChI is InChI=1S/C13H15FO3/c1-4-13(9-7-5-6-8-10(9)14)12(2,17-13)11(15)16-3/h5-8H,4H2,1-3H3. The van der Waals surface area contributed by atoms with Crippen molar-refractivity contribution in [3.8, 4) is 0 Å². The third-order valence-corrected chi connectivity index (χ3v) is 3.49. The van der Waals surface area contributed by atoms with Crippen LogP contribution in [0.2, 0.25) is 0 Å². The molecular weight excluding hydrogens is 223 g/mol. The quantitative estimate of drug-likeness (QED) is 0.599. The van der Waals surface area contributed by atoms with Gasteiger partial charge in [-0.2, -0.15) is 0 Å². The minimum atomic E-state index is -1.08. The lowest BCUT2D eigenvalue weighted by atomic mass is 9.85. The van der Waals surface area contributed by atoms with Gasteiger partial charge in [0, 0.05) is 5.56 Å². The molecule has 4 heteroatoms. The second kappa shape index (κ2) is 3.81. The Morgan fingerprint density at radius 1 is 1.47 bits per heavy atom. The first-order valence-corrected chi connectivity index (χ1v) is 5.55. The van der Waals surface area contributed by atoms with Crippen LogP contribution >= 0.6 is 0 Å². The van der Waals surface area contributed by atoms with E-state index in [1.807, 2.05) is 6.92 Å². The highest BCUT2D eigenvalue weighted by Gasteiger charge is 2.73. The van der Waals surface area contributed by atoms with Crippen LogP contribution < -0.4 is 0 Å². The summed E-state index contributed by atoms with van der Waals surface area (Å²) in [5.74, 6) is -0.829. The molecule has 0 spiro atoms. The van der Waals surface area contributed by atoms with E-state index < -0.39 is 17.2 Å². The molecular formula is C13H15FO3. The fraction of sp³-hybridized carbons (Fsp3) is 0.462. The molecule has 2 atom stereocenters. The van der Waals surface area contributed by atoms with E-state index in [1.54, 1.807) is 25.1 Å². The Morgan fingerprint density at radius 3 is 2.65 bits per heavy atom. The molecule has 1 aliphatic heterocycles. The third kappa shape index (κ3) is 1.47. The molecule has 1 aromatic rings. The minimum absolute atomic E-state index is 0.359. The van der Waals surface area contributed by atoms with Crippen molar-refractivity contribution in [3.05, 3.63) is 35.6 Å². The second-order valence-corrected chi connectivity index (χ2v) is 4.29. The summed E-state index contributed by atoms with van der Waals surface area (Å²) in [7, 11) is 1.30. The van der Waals surface area contributed by atoms with Crippen LogP contribution in [-0.4, -0.2) is 18.7 Å². The molecule has 1 saturated heterocycles. The molecule has 17 heavy (non-hydrogen) atoms. The van der Waals surface area contributed by atoms with E-state index in [9.17, 15) is 9.18 Å². The van der Waals surface area contributed by atoms with Crippen molar-refractivity contribution in [2.75, 3.05) is 7.11 Å². The number of hydrogen-bond donors (Lipinski definition) is 0.